The molecule has 1 amide bonds. The lowest BCUT2D eigenvalue weighted by atomic mass is 10.1. The summed E-state index contributed by atoms with van der Waals surface area (Å²) in [6.45, 7) is 4.95. The zero-order chi connectivity index (χ0) is 18.8. The smallest absolute Gasteiger partial charge is 0.257 e. The number of benzene rings is 2. The zero-order valence-electron chi connectivity index (χ0n) is 15.2. The summed E-state index contributed by atoms with van der Waals surface area (Å²) in [5, 5.41) is 7.82. The summed E-state index contributed by atoms with van der Waals surface area (Å²) in [7, 11) is 0. The first-order valence-electron chi connectivity index (χ1n) is 9.02. The van der Waals surface area contributed by atoms with Crippen LogP contribution in [0, 0.1) is 6.92 Å². The number of nitrogens with one attached hydrogen (secondary N) is 1. The van der Waals surface area contributed by atoms with Gasteiger partial charge in [-0.3, -0.25) is 9.89 Å². The van der Waals surface area contributed by atoms with Gasteiger partial charge in [0.1, 0.15) is 0 Å². The van der Waals surface area contributed by atoms with Crippen molar-refractivity contribution in [2.75, 3.05) is 31.1 Å². The van der Waals surface area contributed by atoms with Crippen molar-refractivity contribution in [1.82, 2.24) is 15.1 Å². The zero-order valence-corrected chi connectivity index (χ0v) is 15.9. The Morgan fingerprint density at radius 1 is 1.07 bits per heavy atom. The van der Waals surface area contributed by atoms with Gasteiger partial charge in [0.25, 0.3) is 5.91 Å². The van der Waals surface area contributed by atoms with Gasteiger partial charge in [0.05, 0.1) is 17.5 Å². The maximum Gasteiger partial charge on any atom is 0.257 e. The molecule has 0 radical (unpaired) electrons. The SMILES string of the molecule is Cc1ccc(-c2[nH]ncc2C(=O)N2CCN(c3cccc(Cl)c3)CC2)cc1. The molecule has 3 aromatic rings. The Hall–Kier alpha value is -2.79. The van der Waals surface area contributed by atoms with E-state index in [0.717, 1.165) is 35.1 Å². The van der Waals surface area contributed by atoms with Crippen LogP contribution in [0.15, 0.2) is 54.7 Å². The van der Waals surface area contributed by atoms with Gasteiger partial charge in [-0.15, -0.1) is 0 Å². The first-order valence-corrected chi connectivity index (χ1v) is 9.40. The second-order valence-corrected chi connectivity index (χ2v) is 7.22. The molecule has 0 aliphatic carbocycles. The van der Waals surface area contributed by atoms with E-state index in [4.69, 9.17) is 11.6 Å². The summed E-state index contributed by atoms with van der Waals surface area (Å²) >= 11 is 6.09. The third kappa shape index (κ3) is 3.69. The summed E-state index contributed by atoms with van der Waals surface area (Å²) in [5.41, 5.74) is 4.65. The van der Waals surface area contributed by atoms with E-state index in [0.29, 0.717) is 18.7 Å². The molecule has 2 heterocycles. The predicted octanol–water partition coefficient (Wildman–Crippen LogP) is 4.00. The van der Waals surface area contributed by atoms with E-state index in [1.165, 1.54) is 5.56 Å². The molecule has 138 valence electrons. The number of carbonyl (C=O) groups excluding carboxylic acids is 1. The molecule has 2 aromatic carbocycles. The Morgan fingerprint density at radius 2 is 1.81 bits per heavy atom. The maximum atomic E-state index is 13.0. The highest BCUT2D eigenvalue weighted by Crippen LogP contribution is 2.25. The van der Waals surface area contributed by atoms with Crippen molar-refractivity contribution in [3.63, 3.8) is 0 Å². The van der Waals surface area contributed by atoms with E-state index in [9.17, 15) is 4.79 Å². The van der Waals surface area contributed by atoms with Crippen molar-refractivity contribution in [3.8, 4) is 11.3 Å². The van der Waals surface area contributed by atoms with Gasteiger partial charge in [0, 0.05) is 42.5 Å². The average Bonchev–Trinajstić information content (AvgIpc) is 3.18. The molecule has 1 aliphatic rings. The lowest BCUT2D eigenvalue weighted by Crippen LogP contribution is -2.48. The molecule has 5 nitrogen and oxygen atoms in total. The van der Waals surface area contributed by atoms with Gasteiger partial charge in [0.15, 0.2) is 0 Å². The minimum atomic E-state index is 0.0186. The number of amides is 1. The normalized spacial score (nSPS) is 14.4. The van der Waals surface area contributed by atoms with Crippen LogP contribution < -0.4 is 4.90 Å². The molecule has 6 heteroatoms. The van der Waals surface area contributed by atoms with E-state index in [-0.39, 0.29) is 5.91 Å². The van der Waals surface area contributed by atoms with Crippen LogP contribution in [-0.4, -0.2) is 47.2 Å². The molecule has 0 saturated carbocycles. The highest BCUT2D eigenvalue weighted by molar-refractivity contribution is 6.30. The molecule has 1 N–H and O–H groups in total. The summed E-state index contributed by atoms with van der Waals surface area (Å²) in [4.78, 5) is 17.2. The first-order chi connectivity index (χ1) is 13.1. The van der Waals surface area contributed by atoms with E-state index in [2.05, 4.69) is 21.2 Å². The number of H-pyrrole nitrogens is 1. The van der Waals surface area contributed by atoms with E-state index < -0.39 is 0 Å². The van der Waals surface area contributed by atoms with E-state index in [1.807, 2.05) is 54.3 Å². The molecule has 1 fully saturated rings. The summed E-state index contributed by atoms with van der Waals surface area (Å²) in [5.74, 6) is 0.0186. The molecule has 0 spiro atoms. The lowest BCUT2D eigenvalue weighted by Gasteiger charge is -2.36. The van der Waals surface area contributed by atoms with Gasteiger partial charge < -0.3 is 9.80 Å². The van der Waals surface area contributed by atoms with Crippen molar-refractivity contribution in [2.24, 2.45) is 0 Å². The molecule has 4 rings (SSSR count). The predicted molar refractivity (Wildman–Crippen MR) is 108 cm³/mol. The molecule has 0 unspecified atom stereocenters. The van der Waals surface area contributed by atoms with Gasteiger partial charge in [-0.1, -0.05) is 47.5 Å². The van der Waals surface area contributed by atoms with Crippen LogP contribution in [0.5, 0.6) is 0 Å². The van der Waals surface area contributed by atoms with Crippen molar-refractivity contribution in [1.29, 1.82) is 0 Å². The molecular formula is C21H21ClN4O. The fraction of sp³-hybridized carbons (Fsp3) is 0.238. The number of halogens is 1. The summed E-state index contributed by atoms with van der Waals surface area (Å²) in [6, 6.07) is 15.9. The van der Waals surface area contributed by atoms with Crippen molar-refractivity contribution in [2.45, 2.75) is 6.92 Å². The average molecular weight is 381 g/mol. The molecule has 0 atom stereocenters. The van der Waals surface area contributed by atoms with Crippen molar-refractivity contribution < 1.29 is 4.79 Å². The van der Waals surface area contributed by atoms with Crippen LogP contribution in [0.2, 0.25) is 5.02 Å². The molecule has 27 heavy (non-hydrogen) atoms. The van der Waals surface area contributed by atoms with Crippen LogP contribution >= 0.6 is 11.6 Å². The van der Waals surface area contributed by atoms with Gasteiger partial charge in [0.2, 0.25) is 0 Å². The first kappa shape index (κ1) is 17.6. The van der Waals surface area contributed by atoms with Crippen molar-refractivity contribution >= 4 is 23.2 Å². The van der Waals surface area contributed by atoms with Crippen LogP contribution in [0.25, 0.3) is 11.3 Å². The molecule has 0 bridgehead atoms. The largest absolute Gasteiger partial charge is 0.368 e. The number of hydrogen-bond donors (Lipinski definition) is 1. The Bertz CT molecular complexity index is 943. The second kappa shape index (κ2) is 7.45. The van der Waals surface area contributed by atoms with Crippen LogP contribution in [-0.2, 0) is 0 Å². The number of carbonyl (C=O) groups is 1. The van der Waals surface area contributed by atoms with Gasteiger partial charge in [-0.25, -0.2) is 0 Å². The van der Waals surface area contributed by atoms with E-state index >= 15 is 0 Å². The van der Waals surface area contributed by atoms with Gasteiger partial charge >= 0.3 is 0 Å². The number of nitrogens with zero attached hydrogens (tertiary/aromatic N) is 3. The van der Waals surface area contributed by atoms with Gasteiger partial charge in [-0.2, -0.15) is 5.10 Å². The lowest BCUT2D eigenvalue weighted by molar-refractivity contribution is 0.0747. The molecular weight excluding hydrogens is 360 g/mol. The number of aryl methyl sites for hydroxylation is 1. The number of rotatable bonds is 3. The Kier molecular flexibility index (Phi) is 4.86. The minimum absolute atomic E-state index is 0.0186. The minimum Gasteiger partial charge on any atom is -0.368 e. The summed E-state index contributed by atoms with van der Waals surface area (Å²) in [6.07, 6.45) is 1.63. The standard InChI is InChI=1S/C21H21ClN4O/c1-15-5-7-16(8-6-15)20-19(14-23-24-20)21(27)26-11-9-25(10-12-26)18-4-2-3-17(22)13-18/h2-8,13-14H,9-12H2,1H3,(H,23,24). The monoisotopic (exact) mass is 380 g/mol. The fourth-order valence-corrected chi connectivity index (χ4v) is 3.58. The van der Waals surface area contributed by atoms with E-state index in [1.54, 1.807) is 6.20 Å². The number of aromatic nitrogens is 2. The fourth-order valence-electron chi connectivity index (χ4n) is 3.40. The third-order valence-electron chi connectivity index (χ3n) is 4.95. The van der Waals surface area contributed by atoms with Crippen molar-refractivity contribution in [3.05, 3.63) is 70.9 Å². The molecule has 1 aromatic heterocycles. The van der Waals surface area contributed by atoms with Crippen LogP contribution in [0.1, 0.15) is 15.9 Å². The third-order valence-corrected chi connectivity index (χ3v) is 5.19. The Labute approximate surface area is 163 Å². The summed E-state index contributed by atoms with van der Waals surface area (Å²) < 4.78 is 0. The quantitative estimate of drug-likeness (QED) is 0.747. The molecule has 1 saturated heterocycles. The van der Waals surface area contributed by atoms with Crippen LogP contribution in [0.3, 0.4) is 0 Å². The second-order valence-electron chi connectivity index (χ2n) is 6.78. The maximum absolute atomic E-state index is 13.0. The topological polar surface area (TPSA) is 52.2 Å². The number of piperazine rings is 1. The highest BCUT2D eigenvalue weighted by Gasteiger charge is 2.25. The highest BCUT2D eigenvalue weighted by atomic mass is 35.5. The van der Waals surface area contributed by atoms with Crippen LogP contribution in [0.4, 0.5) is 5.69 Å². The number of hydrogen-bond acceptors (Lipinski definition) is 3. The van der Waals surface area contributed by atoms with Gasteiger partial charge in [-0.05, 0) is 25.1 Å². The Balaban J connectivity index is 1.47. The number of aromatic amines is 1. The molecule has 1 aliphatic heterocycles. The Morgan fingerprint density at radius 3 is 2.52 bits per heavy atom. The number of anilines is 1.